The molecule has 8 nitrogen and oxygen atoms in total. The van der Waals surface area contributed by atoms with E-state index in [2.05, 4.69) is 15.9 Å². The molecule has 158 valence electrons. The van der Waals surface area contributed by atoms with E-state index in [4.69, 9.17) is 9.41 Å². The number of amidine groups is 1. The van der Waals surface area contributed by atoms with Crippen LogP contribution in [0, 0.1) is 13.8 Å². The number of likely N-dealkylation sites (N-methyl/N-ethyl adjacent to an activating group) is 1. The van der Waals surface area contributed by atoms with Gasteiger partial charge in [0.25, 0.3) is 5.91 Å². The van der Waals surface area contributed by atoms with Crippen LogP contribution in [0.2, 0.25) is 0 Å². The Morgan fingerprint density at radius 3 is 2.58 bits per heavy atom. The lowest BCUT2D eigenvalue weighted by Gasteiger charge is -2.33. The van der Waals surface area contributed by atoms with Gasteiger partial charge < -0.3 is 4.42 Å². The molecule has 31 heavy (non-hydrogen) atoms. The van der Waals surface area contributed by atoms with E-state index in [1.165, 1.54) is 9.80 Å². The van der Waals surface area contributed by atoms with Crippen molar-refractivity contribution in [3.63, 3.8) is 0 Å². The highest BCUT2D eigenvalue weighted by atomic mass is 79.9. The van der Waals surface area contributed by atoms with Crippen molar-refractivity contribution < 1.29 is 18.6 Å². The minimum absolute atomic E-state index is 0.208. The van der Waals surface area contributed by atoms with Crippen molar-refractivity contribution in [1.82, 2.24) is 14.4 Å². The van der Waals surface area contributed by atoms with Gasteiger partial charge in [0.15, 0.2) is 0 Å². The summed E-state index contributed by atoms with van der Waals surface area (Å²) in [6.07, 6.45) is 1.63. The molecule has 2 aliphatic heterocycles. The number of benzene rings is 1. The third kappa shape index (κ3) is 3.03. The van der Waals surface area contributed by atoms with Gasteiger partial charge in [-0.15, -0.1) is 0 Å². The molecule has 0 spiro atoms. The van der Waals surface area contributed by atoms with Crippen LogP contribution >= 0.6 is 15.9 Å². The van der Waals surface area contributed by atoms with Crippen LogP contribution in [0.4, 0.5) is 10.7 Å². The average molecular weight is 483 g/mol. The fraction of sp³-hybridized carbons (Fsp3) is 0.273. The number of urea groups is 1. The van der Waals surface area contributed by atoms with Gasteiger partial charge in [-0.2, -0.15) is 0 Å². The minimum Gasteiger partial charge on any atom is -0.466 e. The Morgan fingerprint density at radius 1 is 1.16 bits per heavy atom. The number of carbonyl (C=O) groups excluding carboxylic acids is 2. The fourth-order valence-electron chi connectivity index (χ4n) is 4.17. The summed E-state index contributed by atoms with van der Waals surface area (Å²) in [4.78, 5) is 34.1. The number of imidazole rings is 1. The summed E-state index contributed by atoms with van der Waals surface area (Å²) in [6, 6.07) is 10.3. The molecule has 0 bridgehead atoms. The Labute approximate surface area is 187 Å². The van der Waals surface area contributed by atoms with Crippen LogP contribution in [-0.2, 0) is 17.9 Å². The van der Waals surface area contributed by atoms with Crippen molar-refractivity contribution in [1.29, 1.82) is 0 Å². The van der Waals surface area contributed by atoms with Crippen molar-refractivity contribution in [2.75, 3.05) is 7.05 Å². The Hall–Kier alpha value is -3.20. The van der Waals surface area contributed by atoms with Gasteiger partial charge in [-0.25, -0.2) is 13.9 Å². The maximum Gasteiger partial charge on any atom is 0.402 e. The lowest BCUT2D eigenvalue weighted by molar-refractivity contribution is -0.682. The Bertz CT molecular complexity index is 1230. The predicted molar refractivity (Wildman–Crippen MR) is 116 cm³/mol. The molecule has 1 saturated heterocycles. The number of aromatic nitrogens is 2. The summed E-state index contributed by atoms with van der Waals surface area (Å²) in [5, 5.41) is 0. The van der Waals surface area contributed by atoms with Crippen LogP contribution < -0.4 is 4.57 Å². The number of hydrogen-bond donors (Lipinski definition) is 0. The zero-order valence-electron chi connectivity index (χ0n) is 17.4. The molecule has 9 heteroatoms. The smallest absolute Gasteiger partial charge is 0.402 e. The number of imide groups is 1. The molecular weight excluding hydrogens is 462 g/mol. The molecule has 2 aliphatic rings. The minimum atomic E-state index is -0.662. The number of furan rings is 1. The molecule has 2 aromatic heterocycles. The maximum absolute atomic E-state index is 13.5. The first kappa shape index (κ1) is 19.7. The van der Waals surface area contributed by atoms with Gasteiger partial charge in [-0.3, -0.25) is 14.6 Å². The van der Waals surface area contributed by atoms with Gasteiger partial charge >= 0.3 is 12.0 Å². The molecular formula is C22H21BrN5O3+. The zero-order chi connectivity index (χ0) is 21.9. The fourth-order valence-corrected chi connectivity index (χ4v) is 4.43. The monoisotopic (exact) mass is 482 g/mol. The summed E-state index contributed by atoms with van der Waals surface area (Å²) in [5.74, 6) is 1.62. The van der Waals surface area contributed by atoms with E-state index < -0.39 is 6.04 Å². The number of amides is 3. The van der Waals surface area contributed by atoms with Crippen molar-refractivity contribution in [2.45, 2.75) is 33.0 Å². The predicted octanol–water partition coefficient (Wildman–Crippen LogP) is 3.48. The van der Waals surface area contributed by atoms with Gasteiger partial charge in [0, 0.05) is 11.5 Å². The molecule has 4 heterocycles. The number of carbonyl (C=O) groups is 2. The second-order valence-electron chi connectivity index (χ2n) is 7.77. The van der Waals surface area contributed by atoms with Gasteiger partial charge in [0.2, 0.25) is 11.9 Å². The molecule has 1 aromatic carbocycles. The quantitative estimate of drug-likeness (QED) is 0.534. The normalized spacial score (nSPS) is 17.8. The summed E-state index contributed by atoms with van der Waals surface area (Å²) < 4.78 is 10.4. The Balaban J connectivity index is 1.54. The lowest BCUT2D eigenvalue weighted by atomic mass is 10.1. The third-order valence-electron chi connectivity index (χ3n) is 5.97. The molecule has 0 radical (unpaired) electrons. The van der Waals surface area contributed by atoms with Crippen LogP contribution in [0.15, 0.2) is 56.5 Å². The molecule has 1 unspecified atom stereocenters. The Morgan fingerprint density at radius 2 is 1.90 bits per heavy atom. The summed E-state index contributed by atoms with van der Waals surface area (Å²) >= 11 is 3.41. The highest BCUT2D eigenvalue weighted by Crippen LogP contribution is 2.35. The lowest BCUT2D eigenvalue weighted by Crippen LogP contribution is -2.57. The van der Waals surface area contributed by atoms with E-state index in [-0.39, 0.29) is 18.5 Å². The van der Waals surface area contributed by atoms with Gasteiger partial charge in [-0.1, -0.05) is 33.1 Å². The molecule has 3 amide bonds. The van der Waals surface area contributed by atoms with E-state index in [0.29, 0.717) is 18.3 Å². The van der Waals surface area contributed by atoms with E-state index in [9.17, 15) is 9.59 Å². The number of halogens is 1. The first-order chi connectivity index (χ1) is 14.9. The SMILES string of the molecule is Cc1c(C)[n+](Cc2ccco2)c2n1C1C(=O)N(Cc3ccc(Br)cc3)C(=O)N(C)C1=N2. The molecule has 0 aliphatic carbocycles. The Kier molecular flexibility index (Phi) is 4.58. The number of hydrogen-bond acceptors (Lipinski definition) is 4. The van der Waals surface area contributed by atoms with E-state index in [1.807, 2.05) is 59.4 Å². The standard InChI is InChI=1S/C22H21BrN5O3/c1-13-14(2)28-18-19(24-21(28)26(13)12-17-5-4-10-31-17)25(3)22(30)27(20(18)29)11-15-6-8-16(23)9-7-15/h4-10,18H,11-12H2,1-3H3/q+1. The number of nitrogens with zero attached hydrogens (tertiary/aromatic N) is 5. The first-order valence-electron chi connectivity index (χ1n) is 9.92. The van der Waals surface area contributed by atoms with Crippen LogP contribution in [-0.4, -0.2) is 39.2 Å². The van der Waals surface area contributed by atoms with Crippen molar-refractivity contribution in [3.8, 4) is 0 Å². The van der Waals surface area contributed by atoms with Gasteiger partial charge in [0.05, 0.1) is 12.8 Å². The number of fused-ring (bicyclic) bond motifs is 3. The first-order valence-corrected chi connectivity index (χ1v) is 10.7. The molecule has 0 saturated carbocycles. The van der Waals surface area contributed by atoms with Crippen molar-refractivity contribution in [2.24, 2.45) is 4.99 Å². The third-order valence-corrected chi connectivity index (χ3v) is 6.50. The average Bonchev–Trinajstić information content (AvgIpc) is 3.46. The van der Waals surface area contributed by atoms with Gasteiger partial charge in [-0.05, 0) is 43.7 Å². The zero-order valence-corrected chi connectivity index (χ0v) is 19.0. The largest absolute Gasteiger partial charge is 0.466 e. The molecule has 5 rings (SSSR count). The van der Waals surface area contributed by atoms with Crippen molar-refractivity contribution >= 4 is 39.7 Å². The topological polar surface area (TPSA) is 74.9 Å². The second kappa shape index (κ2) is 7.19. The van der Waals surface area contributed by atoms with E-state index in [1.54, 1.807) is 13.3 Å². The second-order valence-corrected chi connectivity index (χ2v) is 8.69. The van der Waals surface area contributed by atoms with Gasteiger partial charge in [0.1, 0.15) is 23.7 Å². The van der Waals surface area contributed by atoms with Crippen LogP contribution in [0.5, 0.6) is 0 Å². The van der Waals surface area contributed by atoms with E-state index >= 15 is 0 Å². The summed E-state index contributed by atoms with van der Waals surface area (Å²) in [7, 11) is 1.67. The van der Waals surface area contributed by atoms with Crippen molar-refractivity contribution in [3.05, 3.63) is 69.8 Å². The summed E-state index contributed by atoms with van der Waals surface area (Å²) in [6.45, 7) is 4.68. The van der Waals surface area contributed by atoms with Crippen LogP contribution in [0.25, 0.3) is 0 Å². The molecule has 3 aromatic rings. The van der Waals surface area contributed by atoms with E-state index in [0.717, 1.165) is 27.2 Å². The highest BCUT2D eigenvalue weighted by molar-refractivity contribution is 9.10. The highest BCUT2D eigenvalue weighted by Gasteiger charge is 2.54. The maximum atomic E-state index is 13.5. The summed E-state index contributed by atoms with van der Waals surface area (Å²) in [5.41, 5.74) is 2.82. The van der Waals surface area contributed by atoms with Crippen LogP contribution in [0.1, 0.15) is 28.8 Å². The molecule has 1 fully saturated rings. The van der Waals surface area contributed by atoms with Crippen LogP contribution in [0.3, 0.4) is 0 Å². The molecule has 0 N–H and O–H groups in total. The number of aliphatic imine (C=N–C) groups is 1. The molecule has 1 atom stereocenters. The number of rotatable bonds is 4.